The predicted molar refractivity (Wildman–Crippen MR) is 45.7 cm³/mol. The highest BCUT2D eigenvalue weighted by atomic mass is 79.9. The van der Waals surface area contributed by atoms with Crippen LogP contribution < -0.4 is 4.74 Å². The van der Waals surface area contributed by atoms with E-state index in [0.29, 0.717) is 5.75 Å². The van der Waals surface area contributed by atoms with Gasteiger partial charge in [0.05, 0.1) is 0 Å². The second-order valence-corrected chi connectivity index (χ2v) is 2.85. The van der Waals surface area contributed by atoms with Crippen LogP contribution in [0.3, 0.4) is 0 Å². The minimum Gasteiger partial charge on any atom is -0.486 e. The van der Waals surface area contributed by atoms with Gasteiger partial charge in [0.2, 0.25) is 0 Å². The first-order chi connectivity index (χ1) is 5.33. The van der Waals surface area contributed by atoms with Crippen LogP contribution in [-0.4, -0.2) is 12.9 Å². The van der Waals surface area contributed by atoms with E-state index in [0.717, 1.165) is 10.8 Å². The number of hydrogen-bond acceptors (Lipinski definition) is 2. The molecule has 0 bridgehead atoms. The van der Waals surface area contributed by atoms with Crippen molar-refractivity contribution in [1.82, 2.24) is 0 Å². The zero-order valence-electron chi connectivity index (χ0n) is 5.79. The summed E-state index contributed by atoms with van der Waals surface area (Å²) in [7, 11) is 0. The van der Waals surface area contributed by atoms with Crippen molar-refractivity contribution in [3.05, 3.63) is 28.7 Å². The fourth-order valence-electron chi connectivity index (χ4n) is 0.661. The molecule has 1 aromatic rings. The summed E-state index contributed by atoms with van der Waals surface area (Å²) in [6, 6.07) is 7.32. The van der Waals surface area contributed by atoms with Gasteiger partial charge in [-0.1, -0.05) is 15.9 Å². The van der Waals surface area contributed by atoms with Crippen molar-refractivity contribution in [3.8, 4) is 5.75 Å². The van der Waals surface area contributed by atoms with Gasteiger partial charge in [-0.25, -0.2) is 0 Å². The van der Waals surface area contributed by atoms with Gasteiger partial charge in [0.15, 0.2) is 6.29 Å². The Kier molecular flexibility index (Phi) is 3.11. The minimum atomic E-state index is 0.113. The van der Waals surface area contributed by atoms with Gasteiger partial charge in [0.1, 0.15) is 12.4 Å². The van der Waals surface area contributed by atoms with Gasteiger partial charge >= 0.3 is 0 Å². The first kappa shape index (κ1) is 8.27. The molecule has 0 unspecified atom stereocenters. The maximum absolute atomic E-state index is 9.91. The predicted octanol–water partition coefficient (Wildman–Crippen LogP) is 2.03. The number of ether oxygens (including phenoxy) is 1. The minimum absolute atomic E-state index is 0.113. The smallest absolute Gasteiger partial charge is 0.157 e. The molecule has 1 aromatic carbocycles. The third-order valence-electron chi connectivity index (χ3n) is 1.13. The molecule has 0 saturated carbocycles. The summed E-state index contributed by atoms with van der Waals surface area (Å²) in [6.45, 7) is 0.113. The summed E-state index contributed by atoms with van der Waals surface area (Å²) in [6.07, 6.45) is 0.724. The van der Waals surface area contributed by atoms with Crippen LogP contribution in [0.25, 0.3) is 0 Å². The lowest BCUT2D eigenvalue weighted by atomic mass is 10.3. The van der Waals surface area contributed by atoms with Gasteiger partial charge in [-0.05, 0) is 24.3 Å². The van der Waals surface area contributed by atoms with Crippen LogP contribution in [0.5, 0.6) is 5.75 Å². The second kappa shape index (κ2) is 4.13. The molecular formula is C8H7BrO2. The van der Waals surface area contributed by atoms with Crippen LogP contribution in [0.15, 0.2) is 28.7 Å². The molecule has 2 nitrogen and oxygen atoms in total. The fourth-order valence-corrected chi connectivity index (χ4v) is 0.925. The first-order valence-corrected chi connectivity index (χ1v) is 3.94. The molecule has 0 atom stereocenters. The Morgan fingerprint density at radius 3 is 2.55 bits per heavy atom. The lowest BCUT2D eigenvalue weighted by Gasteiger charge is -2.00. The molecule has 3 heteroatoms. The molecule has 0 aliphatic rings. The molecule has 0 aliphatic carbocycles. The van der Waals surface area contributed by atoms with E-state index in [2.05, 4.69) is 15.9 Å². The lowest BCUT2D eigenvalue weighted by molar-refractivity contribution is -0.109. The normalized spacial score (nSPS) is 9.18. The molecule has 11 heavy (non-hydrogen) atoms. The van der Waals surface area contributed by atoms with Crippen molar-refractivity contribution in [2.45, 2.75) is 0 Å². The number of carbonyl (C=O) groups excluding carboxylic acids is 1. The van der Waals surface area contributed by atoms with Crippen LogP contribution in [0.1, 0.15) is 0 Å². The number of aldehydes is 1. The third-order valence-corrected chi connectivity index (χ3v) is 1.66. The van der Waals surface area contributed by atoms with E-state index in [-0.39, 0.29) is 6.61 Å². The van der Waals surface area contributed by atoms with E-state index in [1.807, 2.05) is 12.1 Å². The molecular weight excluding hydrogens is 208 g/mol. The highest BCUT2D eigenvalue weighted by Crippen LogP contribution is 2.15. The van der Waals surface area contributed by atoms with Gasteiger partial charge in [-0.15, -0.1) is 0 Å². The Labute approximate surface area is 73.3 Å². The van der Waals surface area contributed by atoms with Crippen molar-refractivity contribution in [3.63, 3.8) is 0 Å². The Bertz CT molecular complexity index is 230. The molecule has 0 radical (unpaired) electrons. The van der Waals surface area contributed by atoms with Gasteiger partial charge in [0.25, 0.3) is 0 Å². The molecule has 0 saturated heterocycles. The van der Waals surface area contributed by atoms with E-state index in [1.165, 1.54) is 0 Å². The molecule has 0 fully saturated rings. The summed E-state index contributed by atoms with van der Waals surface area (Å²) >= 11 is 3.29. The summed E-state index contributed by atoms with van der Waals surface area (Å²) in [5, 5.41) is 0. The topological polar surface area (TPSA) is 26.3 Å². The Morgan fingerprint density at radius 2 is 2.00 bits per heavy atom. The molecule has 0 spiro atoms. The van der Waals surface area contributed by atoms with E-state index in [4.69, 9.17) is 4.74 Å². The second-order valence-electron chi connectivity index (χ2n) is 1.93. The highest BCUT2D eigenvalue weighted by molar-refractivity contribution is 9.10. The first-order valence-electron chi connectivity index (χ1n) is 3.15. The van der Waals surface area contributed by atoms with E-state index in [9.17, 15) is 4.79 Å². The molecule has 0 aromatic heterocycles. The quantitative estimate of drug-likeness (QED) is 0.721. The summed E-state index contributed by atoms with van der Waals surface area (Å²) < 4.78 is 6.02. The van der Waals surface area contributed by atoms with Crippen molar-refractivity contribution in [2.75, 3.05) is 6.61 Å². The zero-order valence-corrected chi connectivity index (χ0v) is 7.37. The summed E-state index contributed by atoms with van der Waals surface area (Å²) in [5.41, 5.74) is 0. The molecule has 58 valence electrons. The van der Waals surface area contributed by atoms with Gasteiger partial charge in [0, 0.05) is 4.47 Å². The molecule has 0 heterocycles. The van der Waals surface area contributed by atoms with Crippen molar-refractivity contribution in [1.29, 1.82) is 0 Å². The highest BCUT2D eigenvalue weighted by Gasteiger charge is 1.90. The zero-order chi connectivity index (χ0) is 8.10. The molecule has 0 aliphatic heterocycles. The average Bonchev–Trinajstić information content (AvgIpc) is 2.04. The summed E-state index contributed by atoms with van der Waals surface area (Å²) in [5.74, 6) is 0.709. The van der Waals surface area contributed by atoms with Gasteiger partial charge in [-0.3, -0.25) is 4.79 Å². The number of hydrogen-bond donors (Lipinski definition) is 0. The van der Waals surface area contributed by atoms with Crippen LogP contribution in [0, 0.1) is 0 Å². The third kappa shape index (κ3) is 2.72. The Morgan fingerprint density at radius 1 is 1.36 bits per heavy atom. The molecule has 1 rings (SSSR count). The van der Waals surface area contributed by atoms with Crippen molar-refractivity contribution in [2.24, 2.45) is 0 Å². The standard InChI is InChI=1S/C8H7BrO2/c9-7-1-3-8(4-2-7)11-6-5-10/h1-5H,6H2. The Hall–Kier alpha value is -0.830. The Balaban J connectivity index is 2.58. The number of benzene rings is 1. The maximum Gasteiger partial charge on any atom is 0.157 e. The van der Waals surface area contributed by atoms with Crippen LogP contribution in [0.2, 0.25) is 0 Å². The number of halogens is 1. The van der Waals surface area contributed by atoms with Crippen molar-refractivity contribution < 1.29 is 9.53 Å². The average molecular weight is 215 g/mol. The largest absolute Gasteiger partial charge is 0.486 e. The van der Waals surface area contributed by atoms with E-state index < -0.39 is 0 Å². The SMILES string of the molecule is O=CCOc1ccc(Br)cc1. The van der Waals surface area contributed by atoms with Crippen LogP contribution in [-0.2, 0) is 4.79 Å². The fraction of sp³-hybridized carbons (Fsp3) is 0.125. The lowest BCUT2D eigenvalue weighted by Crippen LogP contribution is -1.96. The molecule has 0 amide bonds. The summed E-state index contributed by atoms with van der Waals surface area (Å²) in [4.78, 5) is 9.91. The van der Waals surface area contributed by atoms with Gasteiger partial charge in [-0.2, -0.15) is 0 Å². The number of rotatable bonds is 3. The maximum atomic E-state index is 9.91. The van der Waals surface area contributed by atoms with Crippen LogP contribution in [0.4, 0.5) is 0 Å². The van der Waals surface area contributed by atoms with Gasteiger partial charge < -0.3 is 4.74 Å². The van der Waals surface area contributed by atoms with E-state index in [1.54, 1.807) is 12.1 Å². The number of carbonyl (C=O) groups is 1. The van der Waals surface area contributed by atoms with Crippen molar-refractivity contribution >= 4 is 22.2 Å². The monoisotopic (exact) mass is 214 g/mol. The molecule has 0 N–H and O–H groups in total. The van der Waals surface area contributed by atoms with E-state index >= 15 is 0 Å². The van der Waals surface area contributed by atoms with Crippen LogP contribution >= 0.6 is 15.9 Å².